The van der Waals surface area contributed by atoms with Crippen LogP contribution in [0.5, 0.6) is 11.5 Å². The molecule has 3 heterocycles. The van der Waals surface area contributed by atoms with Gasteiger partial charge in [0.2, 0.25) is 0 Å². The Morgan fingerprint density at radius 2 is 1.82 bits per heavy atom. The third kappa shape index (κ3) is 5.26. The molecule has 1 saturated heterocycles. The molecule has 12 nitrogen and oxygen atoms in total. The zero-order valence-corrected chi connectivity index (χ0v) is 21.6. The predicted molar refractivity (Wildman–Crippen MR) is 144 cm³/mol. The van der Waals surface area contributed by atoms with Crippen molar-refractivity contribution in [1.82, 2.24) is 30.0 Å². The summed E-state index contributed by atoms with van der Waals surface area (Å²) in [5.41, 5.74) is 9.56. The van der Waals surface area contributed by atoms with Crippen molar-refractivity contribution in [3.8, 4) is 22.8 Å². The molecule has 2 amide bonds. The number of nitrogens with two attached hydrogens (primary N) is 1. The summed E-state index contributed by atoms with van der Waals surface area (Å²) in [6.07, 6.45) is 1.96. The molecule has 2 aromatic heterocycles. The second-order valence-electron chi connectivity index (χ2n) is 9.26. The third-order valence-corrected chi connectivity index (χ3v) is 6.83. The summed E-state index contributed by atoms with van der Waals surface area (Å²) >= 11 is 0. The lowest BCUT2D eigenvalue weighted by Crippen LogP contribution is -2.40. The Kier molecular flexibility index (Phi) is 7.17. The topological polar surface area (TPSA) is 158 Å². The van der Waals surface area contributed by atoms with Crippen molar-refractivity contribution in [2.24, 2.45) is 0 Å². The third-order valence-electron chi connectivity index (χ3n) is 6.83. The number of benzene rings is 2. The van der Waals surface area contributed by atoms with Crippen LogP contribution in [0.25, 0.3) is 22.3 Å². The van der Waals surface area contributed by atoms with Crippen LogP contribution < -0.4 is 20.5 Å². The van der Waals surface area contributed by atoms with Gasteiger partial charge in [-0.05, 0) is 30.5 Å². The quantitative estimate of drug-likeness (QED) is 0.325. The second-order valence-corrected chi connectivity index (χ2v) is 9.26. The fourth-order valence-electron chi connectivity index (χ4n) is 4.78. The Hall–Kier alpha value is -4.87. The number of ether oxygens (including phenoxy) is 2. The van der Waals surface area contributed by atoms with Crippen LogP contribution in [-0.4, -0.2) is 69.1 Å². The highest BCUT2D eigenvalue weighted by Gasteiger charge is 2.28. The summed E-state index contributed by atoms with van der Waals surface area (Å²) in [6.45, 7) is 1.14. The molecular weight excluding hydrogens is 502 g/mol. The zero-order chi connectivity index (χ0) is 27.5. The summed E-state index contributed by atoms with van der Waals surface area (Å²) in [6, 6.07) is 12.4. The molecular formula is C27H29N7O5. The number of piperidine rings is 1. The molecule has 2 aromatic carbocycles. The lowest BCUT2D eigenvalue weighted by molar-refractivity contribution is 0.0950. The van der Waals surface area contributed by atoms with E-state index in [9.17, 15) is 14.7 Å². The maximum Gasteiger partial charge on any atom is 0.407 e. The molecule has 1 fully saturated rings. The molecule has 0 saturated carbocycles. The van der Waals surface area contributed by atoms with Crippen LogP contribution in [0.3, 0.4) is 0 Å². The van der Waals surface area contributed by atoms with Crippen molar-refractivity contribution in [2.75, 3.05) is 33.0 Å². The van der Waals surface area contributed by atoms with Crippen molar-refractivity contribution < 1.29 is 24.2 Å². The number of hydrogen-bond acceptors (Lipinski definition) is 8. The van der Waals surface area contributed by atoms with E-state index in [1.165, 1.54) is 25.4 Å². The first kappa shape index (κ1) is 25.8. The second kappa shape index (κ2) is 10.9. The molecule has 1 atom stereocenters. The fraction of sp³-hybridized carbons (Fsp3) is 0.296. The molecule has 1 aliphatic heterocycles. The number of nitrogens with one attached hydrogen (secondary N) is 1. The number of likely N-dealkylation sites (tertiary alicyclic amines) is 1. The van der Waals surface area contributed by atoms with Crippen molar-refractivity contribution in [1.29, 1.82) is 0 Å². The Labute approximate surface area is 224 Å². The van der Waals surface area contributed by atoms with Crippen LogP contribution in [0.15, 0.2) is 48.8 Å². The Balaban J connectivity index is 1.37. The van der Waals surface area contributed by atoms with E-state index in [-0.39, 0.29) is 11.9 Å². The number of amides is 2. The minimum absolute atomic E-state index is 0.162. The molecule has 0 spiro atoms. The summed E-state index contributed by atoms with van der Waals surface area (Å²) < 4.78 is 12.3. The highest BCUT2D eigenvalue weighted by molar-refractivity contribution is 5.98. The molecule has 4 aromatic rings. The lowest BCUT2D eigenvalue weighted by Gasteiger charge is -2.30. The van der Waals surface area contributed by atoms with E-state index in [0.29, 0.717) is 59.2 Å². The molecule has 1 aliphatic rings. The molecule has 202 valence electrons. The maximum absolute atomic E-state index is 12.7. The maximum atomic E-state index is 12.7. The average molecular weight is 532 g/mol. The first-order valence-electron chi connectivity index (χ1n) is 12.4. The Bertz CT molecular complexity index is 1500. The van der Waals surface area contributed by atoms with E-state index in [1.807, 2.05) is 24.3 Å². The van der Waals surface area contributed by atoms with Gasteiger partial charge < -0.3 is 30.5 Å². The van der Waals surface area contributed by atoms with Crippen molar-refractivity contribution in [2.45, 2.75) is 25.4 Å². The van der Waals surface area contributed by atoms with E-state index in [4.69, 9.17) is 20.3 Å². The van der Waals surface area contributed by atoms with Crippen LogP contribution in [0, 0.1) is 0 Å². The molecule has 0 aliphatic carbocycles. The first-order chi connectivity index (χ1) is 18.9. The van der Waals surface area contributed by atoms with Gasteiger partial charge >= 0.3 is 6.09 Å². The highest BCUT2D eigenvalue weighted by atomic mass is 16.5. The fourth-order valence-corrected chi connectivity index (χ4v) is 4.78. The minimum atomic E-state index is -0.946. The molecule has 4 N–H and O–H groups in total. The average Bonchev–Trinajstić information content (AvgIpc) is 3.37. The van der Waals surface area contributed by atoms with Crippen LogP contribution in [0.4, 0.5) is 10.6 Å². The largest absolute Gasteiger partial charge is 0.497 e. The van der Waals surface area contributed by atoms with E-state index < -0.39 is 6.09 Å². The molecule has 0 radical (unpaired) electrons. The van der Waals surface area contributed by atoms with Gasteiger partial charge in [0.15, 0.2) is 5.65 Å². The first-order valence-corrected chi connectivity index (χ1v) is 12.4. The minimum Gasteiger partial charge on any atom is -0.497 e. The number of nitrogen functional groups attached to an aromatic ring is 1. The van der Waals surface area contributed by atoms with Crippen molar-refractivity contribution >= 4 is 28.9 Å². The van der Waals surface area contributed by atoms with Crippen LogP contribution in [0.1, 0.15) is 34.8 Å². The highest BCUT2D eigenvalue weighted by Crippen LogP contribution is 2.34. The number of anilines is 1. The van der Waals surface area contributed by atoms with Crippen LogP contribution in [0.2, 0.25) is 0 Å². The van der Waals surface area contributed by atoms with E-state index >= 15 is 0 Å². The van der Waals surface area contributed by atoms with Crippen molar-refractivity contribution in [3.05, 3.63) is 59.9 Å². The number of fused-ring (bicyclic) bond motifs is 1. The standard InChI is InChI=1S/C27H29N7O5/c1-38-20-10-18(11-21(12-20)39-2)26(35)29-13-16-5-7-17(8-6-16)23-22-24(28)30-15-31-25(22)34(32-23)19-4-3-9-33(14-19)27(36)37/h5-8,10-12,15,19H,3-4,9,13-14H2,1-2H3,(H,29,35)(H,36,37)(H2,28,30,31)/t19-/m1/s1. The zero-order valence-electron chi connectivity index (χ0n) is 21.6. The Morgan fingerprint density at radius 1 is 1.10 bits per heavy atom. The van der Waals surface area contributed by atoms with Gasteiger partial charge in [-0.1, -0.05) is 24.3 Å². The number of nitrogens with zero attached hydrogens (tertiary/aromatic N) is 5. The molecule has 0 unspecified atom stereocenters. The van der Waals surface area contributed by atoms with Gasteiger partial charge in [0.25, 0.3) is 5.91 Å². The molecule has 39 heavy (non-hydrogen) atoms. The van der Waals surface area contributed by atoms with E-state index in [0.717, 1.165) is 24.0 Å². The number of carboxylic acid groups (broad SMARTS) is 1. The molecule has 0 bridgehead atoms. The number of carbonyl (C=O) groups is 2. The summed E-state index contributed by atoms with van der Waals surface area (Å²) in [5.74, 6) is 1.11. The van der Waals surface area contributed by atoms with Gasteiger partial charge in [-0.2, -0.15) is 5.10 Å². The normalized spacial score (nSPS) is 15.2. The summed E-state index contributed by atoms with van der Waals surface area (Å²) in [7, 11) is 3.06. The van der Waals surface area contributed by atoms with Gasteiger partial charge in [0, 0.05) is 36.8 Å². The predicted octanol–water partition coefficient (Wildman–Crippen LogP) is 3.34. The van der Waals surface area contributed by atoms with Gasteiger partial charge in [0.1, 0.15) is 29.3 Å². The SMILES string of the molecule is COc1cc(OC)cc(C(=O)NCc2ccc(-c3nn([C@@H]4CCCN(C(=O)O)C4)c4ncnc(N)c34)cc2)c1. The summed E-state index contributed by atoms with van der Waals surface area (Å²) in [5, 5.41) is 17.8. The number of methoxy groups -OCH3 is 2. The van der Waals surface area contributed by atoms with Crippen LogP contribution in [-0.2, 0) is 6.54 Å². The Morgan fingerprint density at radius 3 is 2.49 bits per heavy atom. The van der Waals surface area contributed by atoms with Gasteiger partial charge in [0.05, 0.1) is 25.6 Å². The van der Waals surface area contributed by atoms with E-state index in [1.54, 1.807) is 22.9 Å². The number of carbonyl (C=O) groups excluding carboxylic acids is 1. The lowest BCUT2D eigenvalue weighted by atomic mass is 10.1. The smallest absolute Gasteiger partial charge is 0.407 e. The number of hydrogen-bond donors (Lipinski definition) is 3. The monoisotopic (exact) mass is 531 g/mol. The number of rotatable bonds is 7. The number of aromatic nitrogens is 4. The van der Waals surface area contributed by atoms with Gasteiger partial charge in [-0.15, -0.1) is 0 Å². The molecule has 12 heteroatoms. The van der Waals surface area contributed by atoms with Gasteiger partial charge in [-0.25, -0.2) is 19.4 Å². The van der Waals surface area contributed by atoms with Gasteiger partial charge in [-0.3, -0.25) is 4.79 Å². The molecule has 5 rings (SSSR count). The van der Waals surface area contributed by atoms with Crippen molar-refractivity contribution in [3.63, 3.8) is 0 Å². The summed E-state index contributed by atoms with van der Waals surface area (Å²) in [4.78, 5) is 34.3. The van der Waals surface area contributed by atoms with Crippen LogP contribution >= 0.6 is 0 Å². The van der Waals surface area contributed by atoms with E-state index in [2.05, 4.69) is 15.3 Å².